The van der Waals surface area contributed by atoms with Crippen molar-refractivity contribution in [3.63, 3.8) is 0 Å². The van der Waals surface area contributed by atoms with E-state index in [0.29, 0.717) is 5.56 Å². The summed E-state index contributed by atoms with van der Waals surface area (Å²) in [6.07, 6.45) is 5.25. The molecule has 1 fully saturated rings. The first-order valence-corrected chi connectivity index (χ1v) is 8.40. The molecular weight excluding hydrogens is 324 g/mol. The molecule has 0 radical (unpaired) electrons. The minimum absolute atomic E-state index is 0.00283. The smallest absolute Gasteiger partial charge is 0.134 e. The molecule has 5 nitrogen and oxygen atoms in total. The maximum Gasteiger partial charge on any atom is 0.134 e. The van der Waals surface area contributed by atoms with E-state index < -0.39 is 11.6 Å². The summed E-state index contributed by atoms with van der Waals surface area (Å²) in [6, 6.07) is 5.89. The highest BCUT2D eigenvalue weighted by Crippen LogP contribution is 2.35. The highest BCUT2D eigenvalue weighted by Gasteiger charge is 2.27. The standard InChI is InChI=1S/C18H19F2N5/c19-15-4-1-5-16(20)17(15)14-9-22-24-18(14)12-3-2-8-25(10-12)11-13-6-7-21-23-13/h1,4-7,9,12H,2-3,8,10-11H2,(H,21,23)(H,22,24)/t12-/m0/s1. The Kier molecular flexibility index (Phi) is 4.31. The molecule has 1 atom stereocenters. The summed E-state index contributed by atoms with van der Waals surface area (Å²) in [7, 11) is 0. The first-order valence-electron chi connectivity index (χ1n) is 8.40. The van der Waals surface area contributed by atoms with Crippen LogP contribution in [0.3, 0.4) is 0 Å². The second-order valence-corrected chi connectivity index (χ2v) is 6.45. The Balaban J connectivity index is 1.59. The number of H-pyrrole nitrogens is 2. The van der Waals surface area contributed by atoms with Gasteiger partial charge >= 0.3 is 0 Å². The van der Waals surface area contributed by atoms with E-state index in [2.05, 4.69) is 25.3 Å². The summed E-state index contributed by atoms with van der Waals surface area (Å²) in [6.45, 7) is 2.59. The number of aromatic nitrogens is 4. The molecule has 0 aliphatic carbocycles. The highest BCUT2D eigenvalue weighted by atomic mass is 19.1. The number of piperidine rings is 1. The van der Waals surface area contributed by atoms with E-state index >= 15 is 0 Å². The van der Waals surface area contributed by atoms with Crippen molar-refractivity contribution in [2.24, 2.45) is 0 Å². The fourth-order valence-electron chi connectivity index (χ4n) is 3.61. The monoisotopic (exact) mass is 343 g/mol. The Bertz CT molecular complexity index is 823. The summed E-state index contributed by atoms with van der Waals surface area (Å²) >= 11 is 0. The zero-order chi connectivity index (χ0) is 17.2. The van der Waals surface area contributed by atoms with E-state index in [4.69, 9.17) is 0 Å². The lowest BCUT2D eigenvalue weighted by Gasteiger charge is -2.32. The van der Waals surface area contributed by atoms with Gasteiger partial charge in [0.25, 0.3) is 0 Å². The van der Waals surface area contributed by atoms with Crippen LogP contribution < -0.4 is 0 Å². The summed E-state index contributed by atoms with van der Waals surface area (Å²) in [5, 5.41) is 14.0. The van der Waals surface area contributed by atoms with Gasteiger partial charge in [0.1, 0.15) is 11.6 Å². The topological polar surface area (TPSA) is 60.6 Å². The molecule has 1 aliphatic heterocycles. The molecule has 7 heteroatoms. The van der Waals surface area contributed by atoms with E-state index in [-0.39, 0.29) is 11.5 Å². The predicted molar refractivity (Wildman–Crippen MR) is 89.8 cm³/mol. The highest BCUT2D eigenvalue weighted by molar-refractivity contribution is 5.67. The largest absolute Gasteiger partial charge is 0.297 e. The van der Waals surface area contributed by atoms with Crippen LogP contribution in [-0.4, -0.2) is 38.4 Å². The van der Waals surface area contributed by atoms with Crippen molar-refractivity contribution in [3.8, 4) is 11.1 Å². The third-order valence-electron chi connectivity index (χ3n) is 4.77. The molecule has 0 spiro atoms. The maximum atomic E-state index is 14.2. The van der Waals surface area contributed by atoms with Crippen LogP contribution in [0.4, 0.5) is 8.78 Å². The molecule has 25 heavy (non-hydrogen) atoms. The number of hydrogen-bond donors (Lipinski definition) is 2. The van der Waals surface area contributed by atoms with Gasteiger partial charge in [0.15, 0.2) is 0 Å². The number of nitrogens with one attached hydrogen (secondary N) is 2. The molecule has 1 aliphatic rings. The fraction of sp³-hybridized carbons (Fsp3) is 0.333. The zero-order valence-corrected chi connectivity index (χ0v) is 13.7. The number of halogens is 2. The van der Waals surface area contributed by atoms with Crippen molar-refractivity contribution < 1.29 is 8.78 Å². The summed E-state index contributed by atoms with van der Waals surface area (Å²) in [5.74, 6) is -0.964. The first kappa shape index (κ1) is 16.0. The van der Waals surface area contributed by atoms with E-state index in [9.17, 15) is 8.78 Å². The average Bonchev–Trinajstić information content (AvgIpc) is 3.27. The van der Waals surface area contributed by atoms with Gasteiger partial charge in [-0.05, 0) is 37.6 Å². The minimum atomic E-state index is -0.562. The zero-order valence-electron chi connectivity index (χ0n) is 13.7. The number of nitrogens with zero attached hydrogens (tertiary/aromatic N) is 3. The molecule has 1 aromatic carbocycles. The lowest BCUT2D eigenvalue weighted by molar-refractivity contribution is 0.196. The first-order chi connectivity index (χ1) is 12.2. The molecule has 3 heterocycles. The van der Waals surface area contributed by atoms with Crippen molar-refractivity contribution in [1.29, 1.82) is 0 Å². The minimum Gasteiger partial charge on any atom is -0.297 e. The predicted octanol–water partition coefficient (Wildman–Crippen LogP) is 3.46. The van der Waals surface area contributed by atoms with Gasteiger partial charge in [-0.25, -0.2) is 8.78 Å². The molecule has 1 saturated heterocycles. The molecule has 130 valence electrons. The van der Waals surface area contributed by atoms with Crippen LogP contribution >= 0.6 is 0 Å². The molecular formula is C18H19F2N5. The van der Waals surface area contributed by atoms with Gasteiger partial charge < -0.3 is 0 Å². The van der Waals surface area contributed by atoms with Crippen LogP contribution in [0, 0.1) is 11.6 Å². The molecule has 2 N–H and O–H groups in total. The van der Waals surface area contributed by atoms with Gasteiger partial charge in [0.2, 0.25) is 0 Å². The van der Waals surface area contributed by atoms with E-state index in [1.54, 1.807) is 6.20 Å². The molecule has 3 aromatic rings. The Morgan fingerprint density at radius 1 is 1.12 bits per heavy atom. The number of benzene rings is 1. The van der Waals surface area contributed by atoms with E-state index in [1.807, 2.05) is 6.07 Å². The van der Waals surface area contributed by atoms with Crippen molar-refractivity contribution in [1.82, 2.24) is 25.3 Å². The quantitative estimate of drug-likeness (QED) is 0.763. The third-order valence-corrected chi connectivity index (χ3v) is 4.77. The second kappa shape index (κ2) is 6.76. The Morgan fingerprint density at radius 3 is 2.72 bits per heavy atom. The van der Waals surface area contributed by atoms with Gasteiger partial charge in [-0.15, -0.1) is 0 Å². The Hall–Kier alpha value is -2.54. The average molecular weight is 343 g/mol. The van der Waals surface area contributed by atoms with Crippen molar-refractivity contribution in [2.75, 3.05) is 13.1 Å². The summed E-state index contributed by atoms with van der Waals surface area (Å²) in [4.78, 5) is 2.32. The van der Waals surface area contributed by atoms with Crippen molar-refractivity contribution >= 4 is 0 Å². The van der Waals surface area contributed by atoms with Crippen LogP contribution in [0.15, 0.2) is 36.7 Å². The summed E-state index contributed by atoms with van der Waals surface area (Å²) < 4.78 is 28.4. The van der Waals surface area contributed by atoms with Crippen molar-refractivity contribution in [2.45, 2.75) is 25.3 Å². The molecule has 0 amide bonds. The van der Waals surface area contributed by atoms with Crippen LogP contribution in [0.5, 0.6) is 0 Å². The molecule has 4 rings (SSSR count). The SMILES string of the molecule is Fc1cccc(F)c1-c1cn[nH]c1[C@H]1CCCN(Cc2ccn[nH]2)C1. The van der Waals surface area contributed by atoms with Crippen LogP contribution in [-0.2, 0) is 6.54 Å². The normalized spacial score (nSPS) is 18.6. The Labute approximate surface area is 144 Å². The van der Waals surface area contributed by atoms with Gasteiger partial charge in [0.05, 0.1) is 11.8 Å². The number of rotatable bonds is 4. The number of aromatic amines is 2. The van der Waals surface area contributed by atoms with Crippen LogP contribution in [0.25, 0.3) is 11.1 Å². The van der Waals surface area contributed by atoms with E-state index in [1.165, 1.54) is 24.4 Å². The van der Waals surface area contributed by atoms with Gasteiger partial charge in [0, 0.05) is 42.2 Å². The van der Waals surface area contributed by atoms with Gasteiger partial charge in [-0.2, -0.15) is 10.2 Å². The lowest BCUT2D eigenvalue weighted by Crippen LogP contribution is -2.34. The molecule has 0 unspecified atom stereocenters. The fourth-order valence-corrected chi connectivity index (χ4v) is 3.61. The molecule has 2 aromatic heterocycles. The number of likely N-dealkylation sites (tertiary alicyclic amines) is 1. The van der Waals surface area contributed by atoms with Gasteiger partial charge in [-0.3, -0.25) is 15.1 Å². The molecule has 0 bridgehead atoms. The van der Waals surface area contributed by atoms with Crippen LogP contribution in [0.1, 0.15) is 30.1 Å². The van der Waals surface area contributed by atoms with Gasteiger partial charge in [-0.1, -0.05) is 6.07 Å². The Morgan fingerprint density at radius 2 is 1.96 bits per heavy atom. The third kappa shape index (κ3) is 3.19. The second-order valence-electron chi connectivity index (χ2n) is 6.45. The maximum absolute atomic E-state index is 14.2. The molecule has 0 saturated carbocycles. The van der Waals surface area contributed by atoms with Crippen molar-refractivity contribution in [3.05, 3.63) is 59.7 Å². The number of hydrogen-bond acceptors (Lipinski definition) is 3. The van der Waals surface area contributed by atoms with Crippen LogP contribution in [0.2, 0.25) is 0 Å². The summed E-state index contributed by atoms with van der Waals surface area (Å²) in [5.41, 5.74) is 2.38. The van der Waals surface area contributed by atoms with E-state index in [0.717, 1.165) is 43.9 Å². The lowest BCUT2D eigenvalue weighted by atomic mass is 9.90.